The number of aryl methyl sites for hydroxylation is 2. The van der Waals surface area contributed by atoms with Crippen molar-refractivity contribution in [3.63, 3.8) is 0 Å². The summed E-state index contributed by atoms with van der Waals surface area (Å²) in [5.41, 5.74) is 8.15. The molecular formula is C17H18N4. The van der Waals surface area contributed by atoms with E-state index in [-0.39, 0.29) is 6.04 Å². The number of para-hydroxylation sites is 1. The van der Waals surface area contributed by atoms with Crippen molar-refractivity contribution in [3.8, 4) is 0 Å². The molecular weight excluding hydrogens is 260 g/mol. The highest BCUT2D eigenvalue weighted by atomic mass is 15.2. The Bertz CT molecular complexity index is 783. The Hall–Kier alpha value is -2.30. The third-order valence-electron chi connectivity index (χ3n) is 3.58. The third kappa shape index (κ3) is 2.63. The minimum Gasteiger partial charge on any atom is -0.271 e. The van der Waals surface area contributed by atoms with E-state index >= 15 is 0 Å². The Labute approximate surface area is 124 Å². The summed E-state index contributed by atoms with van der Waals surface area (Å²) in [6.07, 6.45) is 3.69. The van der Waals surface area contributed by atoms with E-state index < -0.39 is 0 Å². The molecule has 3 rings (SSSR count). The van der Waals surface area contributed by atoms with Gasteiger partial charge in [0.25, 0.3) is 0 Å². The van der Waals surface area contributed by atoms with E-state index in [4.69, 9.17) is 5.84 Å². The molecule has 1 unspecified atom stereocenters. The number of hydrazine groups is 1. The molecule has 4 nitrogen and oxygen atoms in total. The van der Waals surface area contributed by atoms with Gasteiger partial charge in [0.05, 0.1) is 11.6 Å². The largest absolute Gasteiger partial charge is 0.271 e. The van der Waals surface area contributed by atoms with Crippen LogP contribution in [-0.4, -0.2) is 9.97 Å². The number of hydrogen-bond acceptors (Lipinski definition) is 4. The summed E-state index contributed by atoms with van der Waals surface area (Å²) in [6, 6.07) is 12.2. The SMILES string of the molecule is Cc1cncc(C(NN)c2cc(C)nc3ccccc23)c1. The number of nitrogens with two attached hydrogens (primary N) is 1. The summed E-state index contributed by atoms with van der Waals surface area (Å²) in [7, 11) is 0. The van der Waals surface area contributed by atoms with Gasteiger partial charge < -0.3 is 0 Å². The number of fused-ring (bicyclic) bond motifs is 1. The number of nitrogens with zero attached hydrogens (tertiary/aromatic N) is 2. The van der Waals surface area contributed by atoms with Crippen molar-refractivity contribution in [3.05, 3.63) is 71.2 Å². The molecule has 106 valence electrons. The number of hydrogen-bond donors (Lipinski definition) is 2. The van der Waals surface area contributed by atoms with E-state index in [0.29, 0.717) is 0 Å². The Morgan fingerprint density at radius 2 is 1.90 bits per heavy atom. The van der Waals surface area contributed by atoms with Crippen molar-refractivity contribution in [2.75, 3.05) is 0 Å². The Morgan fingerprint density at radius 1 is 1.10 bits per heavy atom. The van der Waals surface area contributed by atoms with Crippen molar-refractivity contribution in [1.29, 1.82) is 0 Å². The van der Waals surface area contributed by atoms with Crippen molar-refractivity contribution in [2.24, 2.45) is 5.84 Å². The molecule has 0 saturated carbocycles. The molecule has 0 bridgehead atoms. The molecule has 0 aliphatic rings. The van der Waals surface area contributed by atoms with Gasteiger partial charge in [0.15, 0.2) is 0 Å². The summed E-state index contributed by atoms with van der Waals surface area (Å²) in [4.78, 5) is 8.85. The maximum atomic E-state index is 5.83. The lowest BCUT2D eigenvalue weighted by Crippen LogP contribution is -2.29. The molecule has 0 spiro atoms. The summed E-state index contributed by atoms with van der Waals surface area (Å²) in [5.74, 6) is 5.83. The van der Waals surface area contributed by atoms with E-state index in [9.17, 15) is 0 Å². The lowest BCUT2D eigenvalue weighted by Gasteiger charge is -2.19. The first-order valence-electron chi connectivity index (χ1n) is 6.93. The van der Waals surface area contributed by atoms with Gasteiger partial charge in [-0.2, -0.15) is 0 Å². The molecule has 3 N–H and O–H groups in total. The zero-order valence-corrected chi connectivity index (χ0v) is 12.2. The number of pyridine rings is 2. The van der Waals surface area contributed by atoms with Crippen molar-refractivity contribution in [1.82, 2.24) is 15.4 Å². The predicted octanol–water partition coefficient (Wildman–Crippen LogP) is 2.80. The number of rotatable bonds is 3. The van der Waals surface area contributed by atoms with Crippen molar-refractivity contribution < 1.29 is 0 Å². The molecule has 0 fully saturated rings. The van der Waals surface area contributed by atoms with E-state index in [2.05, 4.69) is 33.6 Å². The minimum atomic E-state index is -0.107. The van der Waals surface area contributed by atoms with Crippen molar-refractivity contribution in [2.45, 2.75) is 19.9 Å². The molecule has 0 amide bonds. The molecule has 4 heteroatoms. The second-order valence-electron chi connectivity index (χ2n) is 5.27. The van der Waals surface area contributed by atoms with Gasteiger partial charge in [-0.15, -0.1) is 0 Å². The van der Waals surface area contributed by atoms with Gasteiger partial charge in [0, 0.05) is 23.5 Å². The first-order chi connectivity index (χ1) is 10.2. The molecule has 2 heterocycles. The summed E-state index contributed by atoms with van der Waals surface area (Å²) in [6.45, 7) is 4.03. The summed E-state index contributed by atoms with van der Waals surface area (Å²) >= 11 is 0. The zero-order chi connectivity index (χ0) is 14.8. The van der Waals surface area contributed by atoms with Gasteiger partial charge in [-0.1, -0.05) is 24.3 Å². The number of nitrogens with one attached hydrogen (secondary N) is 1. The van der Waals surface area contributed by atoms with E-state index in [1.165, 1.54) is 0 Å². The summed E-state index contributed by atoms with van der Waals surface area (Å²) < 4.78 is 0. The van der Waals surface area contributed by atoms with Crippen LogP contribution >= 0.6 is 0 Å². The first kappa shape index (κ1) is 13.7. The maximum absolute atomic E-state index is 5.83. The van der Waals surface area contributed by atoms with Crippen LogP contribution in [0.15, 0.2) is 48.8 Å². The van der Waals surface area contributed by atoms with Crippen LogP contribution < -0.4 is 11.3 Å². The van der Waals surface area contributed by atoms with Gasteiger partial charge in [-0.05, 0) is 42.7 Å². The fourth-order valence-electron chi connectivity index (χ4n) is 2.68. The average Bonchev–Trinajstić information content (AvgIpc) is 2.48. The summed E-state index contributed by atoms with van der Waals surface area (Å²) in [5, 5.41) is 1.10. The number of benzene rings is 1. The quantitative estimate of drug-likeness (QED) is 0.571. The highest BCUT2D eigenvalue weighted by Gasteiger charge is 2.16. The van der Waals surface area contributed by atoms with Gasteiger partial charge in [0.2, 0.25) is 0 Å². The van der Waals surface area contributed by atoms with E-state index in [0.717, 1.165) is 33.3 Å². The fraction of sp³-hybridized carbons (Fsp3) is 0.176. The second kappa shape index (κ2) is 5.60. The van der Waals surface area contributed by atoms with Gasteiger partial charge in [0.1, 0.15) is 0 Å². The van der Waals surface area contributed by atoms with Crippen LogP contribution in [0, 0.1) is 13.8 Å². The molecule has 2 aromatic heterocycles. The lowest BCUT2D eigenvalue weighted by molar-refractivity contribution is 0.637. The standard InChI is InChI=1S/C17H18N4/c1-11-7-13(10-19-9-11)17(21-18)15-8-12(2)20-16-6-4-3-5-14(15)16/h3-10,17,21H,18H2,1-2H3. The molecule has 0 radical (unpaired) electrons. The van der Waals surface area contributed by atoms with Crippen LogP contribution in [0.3, 0.4) is 0 Å². The Morgan fingerprint density at radius 3 is 2.67 bits per heavy atom. The molecule has 0 saturated heterocycles. The molecule has 3 aromatic rings. The molecule has 1 atom stereocenters. The second-order valence-corrected chi connectivity index (χ2v) is 5.27. The smallest absolute Gasteiger partial charge is 0.0732 e. The molecule has 0 aliphatic heterocycles. The van der Waals surface area contributed by atoms with Crippen molar-refractivity contribution >= 4 is 10.9 Å². The highest BCUT2D eigenvalue weighted by Crippen LogP contribution is 2.28. The topological polar surface area (TPSA) is 63.8 Å². The van der Waals surface area contributed by atoms with Crippen LogP contribution in [0.25, 0.3) is 10.9 Å². The van der Waals surface area contributed by atoms with Gasteiger partial charge in [-0.25, -0.2) is 5.43 Å². The van der Waals surface area contributed by atoms with Crippen LogP contribution in [0.1, 0.15) is 28.4 Å². The highest BCUT2D eigenvalue weighted by molar-refractivity contribution is 5.83. The molecule has 1 aromatic carbocycles. The molecule has 0 aliphatic carbocycles. The van der Waals surface area contributed by atoms with Gasteiger partial charge >= 0.3 is 0 Å². The Kier molecular flexibility index (Phi) is 3.64. The van der Waals surface area contributed by atoms with Crippen LogP contribution in [-0.2, 0) is 0 Å². The first-order valence-corrected chi connectivity index (χ1v) is 6.93. The monoisotopic (exact) mass is 278 g/mol. The third-order valence-corrected chi connectivity index (χ3v) is 3.58. The van der Waals surface area contributed by atoms with E-state index in [1.807, 2.05) is 44.4 Å². The normalized spacial score (nSPS) is 12.5. The zero-order valence-electron chi connectivity index (χ0n) is 12.2. The Balaban J connectivity index is 2.21. The predicted molar refractivity (Wildman–Crippen MR) is 84.6 cm³/mol. The number of aromatic nitrogens is 2. The molecule has 21 heavy (non-hydrogen) atoms. The van der Waals surface area contributed by atoms with Gasteiger partial charge in [-0.3, -0.25) is 15.8 Å². The van der Waals surface area contributed by atoms with E-state index in [1.54, 1.807) is 0 Å². The lowest BCUT2D eigenvalue weighted by atomic mass is 9.96. The average molecular weight is 278 g/mol. The van der Waals surface area contributed by atoms with Crippen LogP contribution in [0.4, 0.5) is 0 Å². The minimum absolute atomic E-state index is 0.107. The maximum Gasteiger partial charge on any atom is 0.0732 e. The fourth-order valence-corrected chi connectivity index (χ4v) is 2.68. The van der Waals surface area contributed by atoms with Crippen LogP contribution in [0.2, 0.25) is 0 Å². The van der Waals surface area contributed by atoms with Crippen LogP contribution in [0.5, 0.6) is 0 Å².